The van der Waals surface area contributed by atoms with Gasteiger partial charge in [0.25, 0.3) is 0 Å². The Balaban J connectivity index is 2.15. The first-order valence-electron chi connectivity index (χ1n) is 21.2. The van der Waals surface area contributed by atoms with E-state index in [4.69, 9.17) is 18.9 Å². The van der Waals surface area contributed by atoms with Crippen LogP contribution in [-0.4, -0.2) is 37.7 Å². The molecule has 2 rings (SSSR count). The van der Waals surface area contributed by atoms with E-state index in [1.807, 2.05) is 0 Å². The zero-order valence-electron chi connectivity index (χ0n) is 39.5. The number of carbonyl (C=O) groups excluding carboxylic acids is 2. The van der Waals surface area contributed by atoms with Crippen molar-refractivity contribution in [2.75, 3.05) is 13.2 Å². The molecule has 0 aliphatic carbocycles. The Morgan fingerprint density at radius 3 is 1.45 bits per heavy atom. The van der Waals surface area contributed by atoms with Crippen LogP contribution in [0.1, 0.15) is 150 Å². The fourth-order valence-electron chi connectivity index (χ4n) is 7.03. The number of allylic oxidation sites excluding steroid dienone is 20. The summed E-state index contributed by atoms with van der Waals surface area (Å²) in [6.45, 7) is 40.9. The molecule has 2 aliphatic rings. The van der Waals surface area contributed by atoms with E-state index in [0.29, 0.717) is 32.0 Å². The Morgan fingerprint density at radius 2 is 0.983 bits per heavy atom. The SMILES string of the molecule is CC(=CC=C(C)C(C)=C(C)C(C)=C(C)C(C)CCC(C)=C(C)C(C)=C(C)C(C)=C(C)C=CCC1COC(=O)O1)C(C)=C(C)C(C)=C(C)C(C)C=CCC1COC(=O)O1. The average Bonchev–Trinajstić information content (AvgIpc) is 3.83. The third-order valence-corrected chi connectivity index (χ3v) is 13.4. The Bertz CT molecular complexity index is 1890. The van der Waals surface area contributed by atoms with E-state index in [9.17, 15) is 9.59 Å². The second kappa shape index (κ2) is 23.3. The van der Waals surface area contributed by atoms with Gasteiger partial charge in [-0.3, -0.25) is 0 Å². The molecule has 0 amide bonds. The summed E-state index contributed by atoms with van der Waals surface area (Å²) in [4.78, 5) is 22.4. The zero-order valence-corrected chi connectivity index (χ0v) is 39.5. The molecule has 0 radical (unpaired) electrons. The van der Waals surface area contributed by atoms with Gasteiger partial charge in [-0.25, -0.2) is 9.59 Å². The summed E-state index contributed by atoms with van der Waals surface area (Å²) < 4.78 is 20.1. The Hall–Kier alpha value is -4.32. The standard InChI is InChI=1S/C52H76O6/c1-31(21-19-23-49-29-55-51(53)57-49)37(7)43(13)45(15)39(9)33(3)25-27-35(5)41(11)47(17)48(18)42(12)36(6)28-26-34(4)40(10)46(16)44(14)38(8)32(2)22-20-24-50-30-56-52(54)58-50/h19-22,25,27,31,36,49-50H,23-24,26,28-30H2,1-18H3. The molecule has 2 saturated heterocycles. The first-order chi connectivity index (χ1) is 27.1. The molecule has 0 spiro atoms. The summed E-state index contributed by atoms with van der Waals surface area (Å²) in [7, 11) is 0. The number of ether oxygens (including phenoxy) is 4. The monoisotopic (exact) mass is 797 g/mol. The van der Waals surface area contributed by atoms with Gasteiger partial charge in [0.05, 0.1) is 0 Å². The van der Waals surface area contributed by atoms with Crippen molar-refractivity contribution in [1.82, 2.24) is 0 Å². The molecule has 6 nitrogen and oxygen atoms in total. The normalized spacial score (nSPS) is 22.2. The Morgan fingerprint density at radius 1 is 0.552 bits per heavy atom. The van der Waals surface area contributed by atoms with E-state index in [0.717, 1.165) is 12.8 Å². The number of hydrogen-bond acceptors (Lipinski definition) is 6. The van der Waals surface area contributed by atoms with E-state index < -0.39 is 12.3 Å². The molecule has 0 saturated carbocycles. The molecule has 4 unspecified atom stereocenters. The lowest BCUT2D eigenvalue weighted by atomic mass is 9.86. The molecule has 320 valence electrons. The van der Waals surface area contributed by atoms with Crippen LogP contribution < -0.4 is 0 Å². The number of rotatable bonds is 18. The third-order valence-electron chi connectivity index (χ3n) is 13.4. The molecule has 0 N–H and O–H groups in total. The van der Waals surface area contributed by atoms with E-state index in [-0.39, 0.29) is 18.1 Å². The molecule has 2 fully saturated rings. The number of hydrogen-bond donors (Lipinski definition) is 0. The second-order valence-corrected chi connectivity index (χ2v) is 16.9. The van der Waals surface area contributed by atoms with Gasteiger partial charge >= 0.3 is 12.3 Å². The van der Waals surface area contributed by atoms with Crippen molar-refractivity contribution in [3.05, 3.63) is 126 Å². The average molecular weight is 797 g/mol. The van der Waals surface area contributed by atoms with Crippen molar-refractivity contribution < 1.29 is 28.5 Å². The van der Waals surface area contributed by atoms with Crippen LogP contribution >= 0.6 is 0 Å². The first-order valence-corrected chi connectivity index (χ1v) is 21.2. The van der Waals surface area contributed by atoms with Crippen LogP contribution in [0.2, 0.25) is 0 Å². The summed E-state index contributed by atoms with van der Waals surface area (Å²) in [6.07, 6.45) is 15.0. The Kier molecular flexibility index (Phi) is 20.0. The summed E-state index contributed by atoms with van der Waals surface area (Å²) >= 11 is 0. The van der Waals surface area contributed by atoms with Gasteiger partial charge in [0, 0.05) is 12.8 Å². The van der Waals surface area contributed by atoms with Crippen LogP contribution in [0.3, 0.4) is 0 Å². The zero-order chi connectivity index (χ0) is 44.0. The number of carbonyl (C=O) groups is 2. The summed E-state index contributed by atoms with van der Waals surface area (Å²) in [5, 5.41) is 0. The van der Waals surface area contributed by atoms with Gasteiger partial charge in [0.15, 0.2) is 0 Å². The van der Waals surface area contributed by atoms with Gasteiger partial charge in [-0.1, -0.05) is 67.0 Å². The lowest BCUT2D eigenvalue weighted by molar-refractivity contribution is 0.117. The minimum absolute atomic E-state index is 0.187. The summed E-state index contributed by atoms with van der Waals surface area (Å²) in [5.41, 5.74) is 21.2. The number of cyclic esters (lactones) is 4. The van der Waals surface area contributed by atoms with Gasteiger partial charge < -0.3 is 18.9 Å². The maximum atomic E-state index is 11.2. The first kappa shape index (κ1) is 49.8. The second-order valence-electron chi connectivity index (χ2n) is 16.9. The highest BCUT2D eigenvalue weighted by Crippen LogP contribution is 2.32. The van der Waals surface area contributed by atoms with E-state index >= 15 is 0 Å². The maximum Gasteiger partial charge on any atom is 0.508 e. The summed E-state index contributed by atoms with van der Waals surface area (Å²) in [5.74, 6) is 0.744. The fraction of sp³-hybridized carbons (Fsp3) is 0.538. The molecule has 0 aromatic rings. The van der Waals surface area contributed by atoms with Crippen LogP contribution in [0.25, 0.3) is 0 Å². The van der Waals surface area contributed by atoms with Crippen molar-refractivity contribution in [2.24, 2.45) is 11.8 Å². The van der Waals surface area contributed by atoms with E-state index in [1.165, 1.54) is 89.2 Å². The van der Waals surface area contributed by atoms with Crippen molar-refractivity contribution >= 4 is 12.3 Å². The maximum absolute atomic E-state index is 11.2. The molecule has 58 heavy (non-hydrogen) atoms. The van der Waals surface area contributed by atoms with Crippen LogP contribution in [0, 0.1) is 11.8 Å². The quantitative estimate of drug-likeness (QED) is 0.0781. The molecular formula is C52H76O6. The molecule has 4 atom stereocenters. The molecule has 0 aromatic carbocycles. The van der Waals surface area contributed by atoms with Crippen molar-refractivity contribution in [2.45, 2.75) is 163 Å². The highest BCUT2D eigenvalue weighted by atomic mass is 16.8. The third kappa shape index (κ3) is 14.5. The molecule has 0 bridgehead atoms. The lowest BCUT2D eigenvalue weighted by Crippen LogP contribution is -2.08. The lowest BCUT2D eigenvalue weighted by Gasteiger charge is -2.20. The van der Waals surface area contributed by atoms with Gasteiger partial charge in [0.1, 0.15) is 25.4 Å². The minimum atomic E-state index is -0.574. The van der Waals surface area contributed by atoms with Gasteiger partial charge in [-0.05, 0) is 208 Å². The summed E-state index contributed by atoms with van der Waals surface area (Å²) in [6, 6.07) is 0. The molecule has 6 heteroatoms. The molecule has 2 aliphatic heterocycles. The van der Waals surface area contributed by atoms with Crippen molar-refractivity contribution in [1.29, 1.82) is 0 Å². The van der Waals surface area contributed by atoms with E-state index in [2.05, 4.69) is 161 Å². The highest BCUT2D eigenvalue weighted by molar-refractivity contribution is 5.62. The van der Waals surface area contributed by atoms with Gasteiger partial charge in [-0.15, -0.1) is 0 Å². The minimum Gasteiger partial charge on any atom is -0.430 e. The molecule has 2 heterocycles. The topological polar surface area (TPSA) is 71.1 Å². The predicted octanol–water partition coefficient (Wildman–Crippen LogP) is 15.2. The van der Waals surface area contributed by atoms with Crippen LogP contribution in [0.5, 0.6) is 0 Å². The van der Waals surface area contributed by atoms with Crippen LogP contribution in [-0.2, 0) is 18.9 Å². The smallest absolute Gasteiger partial charge is 0.430 e. The van der Waals surface area contributed by atoms with Crippen LogP contribution in [0.15, 0.2) is 126 Å². The predicted molar refractivity (Wildman–Crippen MR) is 244 cm³/mol. The van der Waals surface area contributed by atoms with Gasteiger partial charge in [0.2, 0.25) is 0 Å². The largest absolute Gasteiger partial charge is 0.508 e. The fourth-order valence-corrected chi connectivity index (χ4v) is 7.03. The van der Waals surface area contributed by atoms with Crippen LogP contribution in [0.4, 0.5) is 9.59 Å². The van der Waals surface area contributed by atoms with E-state index in [1.54, 1.807) is 0 Å². The Labute approximate surface area is 353 Å². The van der Waals surface area contributed by atoms with Crippen molar-refractivity contribution in [3.63, 3.8) is 0 Å². The molecular weight excluding hydrogens is 721 g/mol. The van der Waals surface area contributed by atoms with Gasteiger partial charge in [-0.2, -0.15) is 0 Å². The van der Waals surface area contributed by atoms with Crippen molar-refractivity contribution in [3.8, 4) is 0 Å². The molecule has 0 aromatic heterocycles. The highest BCUT2D eigenvalue weighted by Gasteiger charge is 2.24.